The molecule has 0 spiro atoms. The molecule has 2 aromatic carbocycles. The van der Waals surface area contributed by atoms with Gasteiger partial charge >= 0.3 is 5.97 Å². The van der Waals surface area contributed by atoms with Gasteiger partial charge in [0.05, 0.1) is 10.5 Å². The van der Waals surface area contributed by atoms with E-state index in [0.29, 0.717) is 27.1 Å². The van der Waals surface area contributed by atoms with E-state index < -0.39 is 5.97 Å². The predicted octanol–water partition coefficient (Wildman–Crippen LogP) is 4.73. The van der Waals surface area contributed by atoms with E-state index in [-0.39, 0.29) is 5.91 Å². The number of ether oxygens (including phenoxy) is 1. The Balaban J connectivity index is 1.72. The van der Waals surface area contributed by atoms with E-state index in [2.05, 4.69) is 22.6 Å². The van der Waals surface area contributed by atoms with Crippen LogP contribution in [0.1, 0.15) is 22.8 Å². The quantitative estimate of drug-likeness (QED) is 0.202. The number of thiocarbonyl (C=S) groups is 1. The van der Waals surface area contributed by atoms with Crippen molar-refractivity contribution in [1.29, 1.82) is 0 Å². The number of esters is 1. The molecule has 0 radical (unpaired) electrons. The fraction of sp³-hybridized carbons (Fsp3) is 0.105. The van der Waals surface area contributed by atoms with Crippen LogP contribution in [0.2, 0.25) is 0 Å². The highest BCUT2D eigenvalue weighted by Gasteiger charge is 2.30. The Morgan fingerprint density at radius 2 is 1.92 bits per heavy atom. The van der Waals surface area contributed by atoms with Crippen LogP contribution >= 0.6 is 46.6 Å². The van der Waals surface area contributed by atoms with Crippen LogP contribution in [0.3, 0.4) is 0 Å². The van der Waals surface area contributed by atoms with E-state index in [0.717, 1.165) is 9.13 Å². The maximum Gasteiger partial charge on any atom is 0.344 e. The molecule has 1 fully saturated rings. The standard InChI is InChI=1S/C19H14INO3S2/c1-2-21-17(22)16(26-19(21)25)11-12-7-9-13(10-8-12)24-18(23)14-5-3-4-6-15(14)20/h3-11H,2H2,1H3/b16-11-. The summed E-state index contributed by atoms with van der Waals surface area (Å²) >= 11 is 8.60. The minimum atomic E-state index is -0.397. The number of amides is 1. The summed E-state index contributed by atoms with van der Waals surface area (Å²) in [7, 11) is 0. The summed E-state index contributed by atoms with van der Waals surface area (Å²) in [6.45, 7) is 2.46. The molecule has 4 nitrogen and oxygen atoms in total. The maximum atomic E-state index is 12.2. The molecular weight excluding hydrogens is 481 g/mol. The molecule has 1 amide bonds. The van der Waals surface area contributed by atoms with E-state index in [1.165, 1.54) is 11.8 Å². The molecule has 1 aliphatic rings. The molecule has 1 heterocycles. The second kappa shape index (κ2) is 8.32. The molecule has 26 heavy (non-hydrogen) atoms. The van der Waals surface area contributed by atoms with E-state index in [9.17, 15) is 9.59 Å². The number of likely N-dealkylation sites (N-methyl/N-ethyl adjacent to an activating group) is 1. The van der Waals surface area contributed by atoms with Crippen molar-refractivity contribution in [2.24, 2.45) is 0 Å². The second-order valence-corrected chi connectivity index (χ2v) is 8.20. The molecule has 0 saturated carbocycles. The van der Waals surface area contributed by atoms with Gasteiger partial charge in [-0.25, -0.2) is 4.79 Å². The normalized spacial score (nSPS) is 15.6. The average molecular weight is 495 g/mol. The minimum Gasteiger partial charge on any atom is -0.423 e. The van der Waals surface area contributed by atoms with Crippen LogP contribution < -0.4 is 4.74 Å². The Kier molecular flexibility index (Phi) is 6.10. The molecular formula is C19H14INO3S2. The molecule has 0 atom stereocenters. The Morgan fingerprint density at radius 3 is 2.54 bits per heavy atom. The van der Waals surface area contributed by atoms with Gasteiger partial charge in [0.2, 0.25) is 0 Å². The lowest BCUT2D eigenvalue weighted by Gasteiger charge is -2.09. The van der Waals surface area contributed by atoms with Crippen molar-refractivity contribution in [3.05, 3.63) is 68.1 Å². The predicted molar refractivity (Wildman–Crippen MR) is 116 cm³/mol. The monoisotopic (exact) mass is 495 g/mol. The van der Waals surface area contributed by atoms with Gasteiger partial charge in [0.15, 0.2) is 0 Å². The van der Waals surface area contributed by atoms with Crippen molar-refractivity contribution in [3.63, 3.8) is 0 Å². The van der Waals surface area contributed by atoms with Gasteiger partial charge in [0.1, 0.15) is 10.1 Å². The SMILES string of the molecule is CCN1C(=O)/C(=C/c2ccc(OC(=O)c3ccccc3I)cc2)SC1=S. The highest BCUT2D eigenvalue weighted by Crippen LogP contribution is 2.32. The summed E-state index contributed by atoms with van der Waals surface area (Å²) in [5.41, 5.74) is 1.37. The van der Waals surface area contributed by atoms with Gasteiger partial charge in [-0.15, -0.1) is 0 Å². The fourth-order valence-electron chi connectivity index (χ4n) is 2.34. The van der Waals surface area contributed by atoms with E-state index >= 15 is 0 Å². The van der Waals surface area contributed by atoms with Gasteiger partial charge in [0.25, 0.3) is 5.91 Å². The summed E-state index contributed by atoms with van der Waals surface area (Å²) < 4.78 is 6.83. The van der Waals surface area contributed by atoms with E-state index in [1.54, 1.807) is 47.4 Å². The lowest BCUT2D eigenvalue weighted by Crippen LogP contribution is -2.27. The third-order valence-electron chi connectivity index (χ3n) is 3.67. The third-order valence-corrected chi connectivity index (χ3v) is 5.99. The molecule has 1 aliphatic heterocycles. The Bertz CT molecular complexity index is 909. The van der Waals surface area contributed by atoms with Crippen molar-refractivity contribution < 1.29 is 14.3 Å². The lowest BCUT2D eigenvalue weighted by molar-refractivity contribution is -0.121. The van der Waals surface area contributed by atoms with Gasteiger partial charge in [-0.1, -0.05) is 48.2 Å². The molecule has 0 aromatic heterocycles. The van der Waals surface area contributed by atoms with Crippen LogP contribution in [0.4, 0.5) is 0 Å². The Morgan fingerprint density at radius 1 is 1.23 bits per heavy atom. The summed E-state index contributed by atoms with van der Waals surface area (Å²) in [6, 6.07) is 14.3. The Labute approximate surface area is 174 Å². The van der Waals surface area contributed by atoms with E-state index in [4.69, 9.17) is 17.0 Å². The number of carbonyl (C=O) groups is 2. The van der Waals surface area contributed by atoms with Gasteiger partial charge < -0.3 is 4.74 Å². The molecule has 0 N–H and O–H groups in total. The molecule has 7 heteroatoms. The summed E-state index contributed by atoms with van der Waals surface area (Å²) in [5.74, 6) is -0.0175. The zero-order valence-electron chi connectivity index (χ0n) is 13.8. The smallest absolute Gasteiger partial charge is 0.344 e. The molecule has 0 unspecified atom stereocenters. The lowest BCUT2D eigenvalue weighted by atomic mass is 10.2. The van der Waals surface area contributed by atoms with Crippen molar-refractivity contribution in [2.75, 3.05) is 6.54 Å². The number of hydrogen-bond acceptors (Lipinski definition) is 5. The average Bonchev–Trinajstić information content (AvgIpc) is 2.90. The zero-order valence-corrected chi connectivity index (χ0v) is 17.6. The largest absolute Gasteiger partial charge is 0.423 e. The number of nitrogens with zero attached hydrogens (tertiary/aromatic N) is 1. The van der Waals surface area contributed by atoms with Crippen molar-refractivity contribution in [1.82, 2.24) is 4.90 Å². The molecule has 132 valence electrons. The minimum absolute atomic E-state index is 0.0725. The van der Waals surface area contributed by atoms with Crippen molar-refractivity contribution in [2.45, 2.75) is 6.92 Å². The van der Waals surface area contributed by atoms with Crippen LogP contribution in [0.5, 0.6) is 5.75 Å². The third kappa shape index (κ3) is 4.16. The first-order valence-electron chi connectivity index (χ1n) is 7.81. The van der Waals surface area contributed by atoms with Crippen LogP contribution in [0.25, 0.3) is 6.08 Å². The first-order valence-corrected chi connectivity index (χ1v) is 10.1. The topological polar surface area (TPSA) is 46.6 Å². The first kappa shape index (κ1) is 19.1. The van der Waals surface area contributed by atoms with Gasteiger partial charge in [-0.2, -0.15) is 0 Å². The summed E-state index contributed by atoms with van der Waals surface area (Å²) in [6.07, 6.45) is 1.79. The molecule has 0 bridgehead atoms. The van der Waals surface area contributed by atoms with Gasteiger partial charge in [-0.05, 0) is 65.4 Å². The van der Waals surface area contributed by atoms with Gasteiger partial charge in [0, 0.05) is 10.1 Å². The molecule has 1 saturated heterocycles. The van der Waals surface area contributed by atoms with Crippen LogP contribution in [-0.4, -0.2) is 27.6 Å². The number of hydrogen-bond donors (Lipinski definition) is 0. The van der Waals surface area contributed by atoms with Crippen molar-refractivity contribution in [3.8, 4) is 5.75 Å². The highest BCUT2D eigenvalue weighted by atomic mass is 127. The zero-order chi connectivity index (χ0) is 18.7. The number of rotatable bonds is 4. The number of benzene rings is 2. The number of thioether (sulfide) groups is 1. The molecule has 3 rings (SSSR count). The summed E-state index contributed by atoms with van der Waals surface area (Å²) in [5, 5.41) is 0. The van der Waals surface area contributed by atoms with E-state index in [1.807, 2.05) is 19.1 Å². The van der Waals surface area contributed by atoms with Crippen molar-refractivity contribution >= 4 is 68.8 Å². The van der Waals surface area contributed by atoms with Crippen LogP contribution in [0, 0.1) is 3.57 Å². The van der Waals surface area contributed by atoms with Crippen LogP contribution in [-0.2, 0) is 4.79 Å². The highest BCUT2D eigenvalue weighted by molar-refractivity contribution is 14.1. The maximum absolute atomic E-state index is 12.2. The second-order valence-electron chi connectivity index (χ2n) is 5.36. The summed E-state index contributed by atoms with van der Waals surface area (Å²) in [4.78, 5) is 26.6. The fourth-order valence-corrected chi connectivity index (χ4v) is 4.34. The number of halogens is 1. The first-order chi connectivity index (χ1) is 12.5. The van der Waals surface area contributed by atoms with Crippen LogP contribution in [0.15, 0.2) is 53.4 Å². The molecule has 0 aliphatic carbocycles. The number of carbonyl (C=O) groups excluding carboxylic acids is 2. The Hall–Kier alpha value is -1.71. The molecule has 2 aromatic rings. The van der Waals surface area contributed by atoms with Gasteiger partial charge in [-0.3, -0.25) is 9.69 Å².